The first kappa shape index (κ1) is 14.9. The second-order valence-electron chi connectivity index (χ2n) is 5.41. The molecule has 1 heterocycles. The lowest BCUT2D eigenvalue weighted by molar-refractivity contribution is -0.0163. The van der Waals surface area contributed by atoms with Crippen molar-refractivity contribution >= 4 is 0 Å². The van der Waals surface area contributed by atoms with Crippen LogP contribution in [0.1, 0.15) is 33.6 Å². The first-order valence-corrected chi connectivity index (χ1v) is 6.69. The van der Waals surface area contributed by atoms with E-state index in [9.17, 15) is 10.2 Å². The highest BCUT2D eigenvalue weighted by Crippen LogP contribution is 2.20. The smallest absolute Gasteiger partial charge is 0.0900 e. The first-order valence-electron chi connectivity index (χ1n) is 6.69. The van der Waals surface area contributed by atoms with Crippen molar-refractivity contribution in [3.8, 4) is 0 Å². The second kappa shape index (κ2) is 7.31. The highest BCUT2D eigenvalue weighted by Gasteiger charge is 2.23. The van der Waals surface area contributed by atoms with Crippen molar-refractivity contribution in [3.63, 3.8) is 0 Å². The Kier molecular flexibility index (Phi) is 6.41. The van der Waals surface area contributed by atoms with E-state index in [1.807, 2.05) is 20.8 Å². The van der Waals surface area contributed by atoms with Crippen molar-refractivity contribution in [1.29, 1.82) is 0 Å². The van der Waals surface area contributed by atoms with Gasteiger partial charge in [-0.2, -0.15) is 0 Å². The lowest BCUT2D eigenvalue weighted by atomic mass is 9.92. The number of hydrogen-bond donors (Lipinski definition) is 2. The van der Waals surface area contributed by atoms with Gasteiger partial charge in [-0.15, -0.1) is 0 Å². The zero-order valence-electron chi connectivity index (χ0n) is 11.3. The number of β-amino-alcohol motifs (C(OH)–C–C–N with tert-alkyl or cyclic N) is 1. The van der Waals surface area contributed by atoms with Gasteiger partial charge < -0.3 is 19.8 Å². The Balaban J connectivity index is 2.17. The van der Waals surface area contributed by atoms with E-state index >= 15 is 0 Å². The van der Waals surface area contributed by atoms with Crippen LogP contribution in [0, 0.1) is 5.92 Å². The molecule has 0 radical (unpaired) electrons. The number of likely N-dealkylation sites (tertiary alicyclic amines) is 1. The molecule has 2 atom stereocenters. The van der Waals surface area contributed by atoms with Crippen molar-refractivity contribution in [2.24, 2.45) is 5.92 Å². The quantitative estimate of drug-likeness (QED) is 0.729. The minimum absolute atomic E-state index is 0.172. The van der Waals surface area contributed by atoms with E-state index in [1.165, 1.54) is 0 Å². The third-order valence-electron chi connectivity index (χ3n) is 3.41. The standard InChI is InChI=1S/C13H27NO3/c1-10(2)17-9-13(16)8-14-6-4-12(5-7-14)11(3)15/h10-13,15-16H,4-9H2,1-3H3. The molecule has 0 bridgehead atoms. The van der Waals surface area contributed by atoms with Gasteiger partial charge in [-0.25, -0.2) is 0 Å². The molecule has 0 aromatic carbocycles. The Hall–Kier alpha value is -0.160. The Labute approximate surface area is 105 Å². The Morgan fingerprint density at radius 1 is 1.18 bits per heavy atom. The van der Waals surface area contributed by atoms with E-state index in [0.717, 1.165) is 25.9 Å². The lowest BCUT2D eigenvalue weighted by Gasteiger charge is -2.34. The summed E-state index contributed by atoms with van der Waals surface area (Å²) in [4.78, 5) is 2.26. The fourth-order valence-electron chi connectivity index (χ4n) is 2.27. The Morgan fingerprint density at radius 3 is 2.24 bits per heavy atom. The van der Waals surface area contributed by atoms with Crippen LogP contribution in [-0.2, 0) is 4.74 Å². The molecule has 0 spiro atoms. The molecule has 17 heavy (non-hydrogen) atoms. The maximum absolute atomic E-state index is 9.81. The third kappa shape index (κ3) is 5.82. The number of rotatable bonds is 6. The predicted molar refractivity (Wildman–Crippen MR) is 67.9 cm³/mol. The first-order chi connectivity index (χ1) is 7.99. The number of ether oxygens (including phenoxy) is 1. The molecule has 1 fully saturated rings. The van der Waals surface area contributed by atoms with Crippen LogP contribution in [0.25, 0.3) is 0 Å². The summed E-state index contributed by atoms with van der Waals surface area (Å²) in [5, 5.41) is 19.3. The fraction of sp³-hybridized carbons (Fsp3) is 1.00. The van der Waals surface area contributed by atoms with Gasteiger partial charge in [0.05, 0.1) is 24.9 Å². The largest absolute Gasteiger partial charge is 0.393 e. The van der Waals surface area contributed by atoms with E-state index in [2.05, 4.69) is 4.90 Å². The summed E-state index contributed by atoms with van der Waals surface area (Å²) in [6.45, 7) is 8.84. The maximum atomic E-state index is 9.81. The molecule has 4 heteroatoms. The van der Waals surface area contributed by atoms with E-state index in [-0.39, 0.29) is 12.2 Å². The third-order valence-corrected chi connectivity index (χ3v) is 3.41. The summed E-state index contributed by atoms with van der Waals surface area (Å²) >= 11 is 0. The van der Waals surface area contributed by atoms with Crippen LogP contribution in [0.5, 0.6) is 0 Å². The van der Waals surface area contributed by atoms with E-state index in [4.69, 9.17) is 4.74 Å². The van der Waals surface area contributed by atoms with Crippen LogP contribution in [-0.4, -0.2) is 59.7 Å². The maximum Gasteiger partial charge on any atom is 0.0900 e. The molecular weight excluding hydrogens is 218 g/mol. The summed E-state index contributed by atoms with van der Waals surface area (Å²) in [6.07, 6.45) is 1.61. The second-order valence-corrected chi connectivity index (χ2v) is 5.41. The fourth-order valence-corrected chi connectivity index (χ4v) is 2.27. The van der Waals surface area contributed by atoms with Crippen LogP contribution in [0.15, 0.2) is 0 Å². The summed E-state index contributed by atoms with van der Waals surface area (Å²) in [5.41, 5.74) is 0. The molecule has 1 aliphatic rings. The molecule has 1 rings (SSSR count). The zero-order valence-corrected chi connectivity index (χ0v) is 11.3. The molecule has 0 aliphatic carbocycles. The molecule has 0 aromatic rings. The number of hydrogen-bond acceptors (Lipinski definition) is 4. The highest BCUT2D eigenvalue weighted by atomic mass is 16.5. The monoisotopic (exact) mass is 245 g/mol. The summed E-state index contributed by atoms with van der Waals surface area (Å²) in [7, 11) is 0. The van der Waals surface area contributed by atoms with Gasteiger partial charge in [0.1, 0.15) is 0 Å². The SMILES string of the molecule is CC(C)OCC(O)CN1CCC(C(C)O)CC1. The number of aliphatic hydroxyl groups is 2. The van der Waals surface area contributed by atoms with Gasteiger partial charge in [-0.05, 0) is 52.6 Å². The molecule has 2 unspecified atom stereocenters. The van der Waals surface area contributed by atoms with Crippen LogP contribution in [0.2, 0.25) is 0 Å². The van der Waals surface area contributed by atoms with Crippen LogP contribution in [0.3, 0.4) is 0 Å². The van der Waals surface area contributed by atoms with Crippen molar-refractivity contribution in [2.45, 2.75) is 51.9 Å². The van der Waals surface area contributed by atoms with Gasteiger partial charge in [-0.3, -0.25) is 0 Å². The normalized spacial score (nSPS) is 22.9. The minimum atomic E-state index is -0.402. The molecule has 1 saturated heterocycles. The minimum Gasteiger partial charge on any atom is -0.393 e. The van der Waals surface area contributed by atoms with Gasteiger partial charge in [0.2, 0.25) is 0 Å². The number of aliphatic hydroxyl groups excluding tert-OH is 2. The topological polar surface area (TPSA) is 52.9 Å². The molecule has 1 aliphatic heterocycles. The highest BCUT2D eigenvalue weighted by molar-refractivity contribution is 4.76. The van der Waals surface area contributed by atoms with Crippen LogP contribution < -0.4 is 0 Å². The van der Waals surface area contributed by atoms with Crippen molar-refractivity contribution < 1.29 is 14.9 Å². The zero-order chi connectivity index (χ0) is 12.8. The van der Waals surface area contributed by atoms with Gasteiger partial charge >= 0.3 is 0 Å². The summed E-state index contributed by atoms with van der Waals surface area (Å²) < 4.78 is 5.39. The van der Waals surface area contributed by atoms with Gasteiger partial charge in [-0.1, -0.05) is 0 Å². The summed E-state index contributed by atoms with van der Waals surface area (Å²) in [5.74, 6) is 0.426. The molecular formula is C13H27NO3. The van der Waals surface area contributed by atoms with E-state index in [1.54, 1.807) is 0 Å². The average molecular weight is 245 g/mol. The van der Waals surface area contributed by atoms with Gasteiger partial charge in [0.25, 0.3) is 0 Å². The predicted octanol–water partition coefficient (Wildman–Crippen LogP) is 0.865. The molecule has 0 aromatic heterocycles. The van der Waals surface area contributed by atoms with E-state index in [0.29, 0.717) is 19.1 Å². The van der Waals surface area contributed by atoms with Crippen LogP contribution in [0.4, 0.5) is 0 Å². The molecule has 102 valence electrons. The van der Waals surface area contributed by atoms with Gasteiger partial charge in [0.15, 0.2) is 0 Å². The summed E-state index contributed by atoms with van der Waals surface area (Å²) in [6, 6.07) is 0. The van der Waals surface area contributed by atoms with E-state index < -0.39 is 6.10 Å². The van der Waals surface area contributed by atoms with Crippen LogP contribution >= 0.6 is 0 Å². The number of piperidine rings is 1. The lowest BCUT2D eigenvalue weighted by Crippen LogP contribution is -2.42. The average Bonchev–Trinajstić information content (AvgIpc) is 2.27. The number of nitrogens with zero attached hydrogens (tertiary/aromatic N) is 1. The Bertz CT molecular complexity index is 201. The van der Waals surface area contributed by atoms with Crippen molar-refractivity contribution in [1.82, 2.24) is 4.90 Å². The molecule has 0 saturated carbocycles. The van der Waals surface area contributed by atoms with Crippen molar-refractivity contribution in [2.75, 3.05) is 26.2 Å². The van der Waals surface area contributed by atoms with Crippen molar-refractivity contribution in [3.05, 3.63) is 0 Å². The molecule has 4 nitrogen and oxygen atoms in total. The molecule has 2 N–H and O–H groups in total. The molecule has 0 amide bonds. The van der Waals surface area contributed by atoms with Gasteiger partial charge in [0, 0.05) is 6.54 Å². The Morgan fingerprint density at radius 2 is 1.76 bits per heavy atom.